The fourth-order valence-electron chi connectivity index (χ4n) is 4.58. The molecule has 1 saturated carbocycles. The lowest BCUT2D eigenvalue weighted by Gasteiger charge is -2.28. The number of benzene rings is 3. The second-order valence-corrected chi connectivity index (χ2v) is 8.40. The minimum absolute atomic E-state index is 0.0280. The van der Waals surface area contributed by atoms with Crippen molar-refractivity contribution < 1.29 is 19.0 Å². The van der Waals surface area contributed by atoms with E-state index in [9.17, 15) is 0 Å². The highest BCUT2D eigenvalue weighted by molar-refractivity contribution is 5.16. The monoisotopic (exact) mass is 431 g/mol. The van der Waals surface area contributed by atoms with Crippen LogP contribution in [-0.4, -0.2) is 31.0 Å². The molecule has 166 valence electrons. The van der Waals surface area contributed by atoms with E-state index in [0.717, 1.165) is 16.7 Å². The normalized spacial score (nSPS) is 26.8. The summed E-state index contributed by atoms with van der Waals surface area (Å²) in [6.45, 7) is 2.15. The maximum Gasteiger partial charge on any atom is 0.112 e. The van der Waals surface area contributed by atoms with Crippen molar-refractivity contribution >= 4 is 0 Å². The molecule has 1 heterocycles. The van der Waals surface area contributed by atoms with Crippen LogP contribution in [0.4, 0.5) is 0 Å². The van der Waals surface area contributed by atoms with E-state index in [0.29, 0.717) is 26.4 Å². The van der Waals surface area contributed by atoms with Gasteiger partial charge in [-0.3, -0.25) is 0 Å². The summed E-state index contributed by atoms with van der Waals surface area (Å²) < 4.78 is 19.4. The van der Waals surface area contributed by atoms with Gasteiger partial charge in [-0.1, -0.05) is 91.0 Å². The Balaban J connectivity index is 1.33. The molecule has 0 bridgehead atoms. The van der Waals surface area contributed by atoms with Crippen molar-refractivity contribution in [3.8, 4) is 0 Å². The average Bonchev–Trinajstić information content (AvgIpc) is 3.43. The first-order valence-electron chi connectivity index (χ1n) is 11.2. The smallest absolute Gasteiger partial charge is 0.112 e. The third kappa shape index (κ3) is 4.93. The van der Waals surface area contributed by atoms with E-state index >= 15 is 0 Å². The summed E-state index contributed by atoms with van der Waals surface area (Å²) in [6.07, 6.45) is -0.499. The predicted octanol–water partition coefficient (Wildman–Crippen LogP) is 4.28. The molecule has 0 amide bonds. The maximum atomic E-state index is 6.48. The van der Waals surface area contributed by atoms with Crippen LogP contribution in [0.25, 0.3) is 0 Å². The van der Waals surface area contributed by atoms with Gasteiger partial charge in [0.1, 0.15) is 12.2 Å². The molecule has 1 N–H and O–H groups in total. The average molecular weight is 432 g/mol. The number of hydrogen-bond donors (Lipinski definition) is 1. The Morgan fingerprint density at radius 3 is 1.53 bits per heavy atom. The lowest BCUT2D eigenvalue weighted by Crippen LogP contribution is -2.42. The Kier molecular flexibility index (Phi) is 6.92. The largest absolute Gasteiger partial charge is 0.370 e. The first-order valence-corrected chi connectivity index (χ1v) is 11.2. The van der Waals surface area contributed by atoms with Gasteiger partial charge in [-0.15, -0.1) is 0 Å². The minimum atomic E-state index is -0.200. The molecular formula is C27H29NO4. The molecule has 2 aliphatic rings. The second kappa shape index (κ2) is 10.4. The minimum Gasteiger partial charge on any atom is -0.370 e. The van der Waals surface area contributed by atoms with Crippen LogP contribution in [-0.2, 0) is 38.9 Å². The Morgan fingerprint density at radius 1 is 0.594 bits per heavy atom. The van der Waals surface area contributed by atoms with Gasteiger partial charge in [0.05, 0.1) is 38.6 Å². The van der Waals surface area contributed by atoms with Crippen molar-refractivity contribution in [2.75, 3.05) is 6.61 Å². The second-order valence-electron chi connectivity index (χ2n) is 8.40. The highest BCUT2D eigenvalue weighted by Gasteiger charge is 2.55. The SMILES string of the molecule is c1ccc(CO[C@H]2[C@H](OCc3ccccc3)[C@H]3CON[C@H]3[C@H]2OCc2ccccc2)cc1. The van der Waals surface area contributed by atoms with Crippen molar-refractivity contribution in [1.82, 2.24) is 5.48 Å². The zero-order valence-corrected chi connectivity index (χ0v) is 18.0. The van der Waals surface area contributed by atoms with Crippen molar-refractivity contribution in [2.24, 2.45) is 5.92 Å². The van der Waals surface area contributed by atoms with Gasteiger partial charge in [-0.2, -0.15) is 5.48 Å². The van der Waals surface area contributed by atoms with Crippen LogP contribution >= 0.6 is 0 Å². The molecule has 5 nitrogen and oxygen atoms in total. The van der Waals surface area contributed by atoms with Gasteiger partial charge >= 0.3 is 0 Å². The molecule has 0 unspecified atom stereocenters. The molecular weight excluding hydrogens is 402 g/mol. The molecule has 1 aliphatic heterocycles. The van der Waals surface area contributed by atoms with E-state index in [-0.39, 0.29) is 30.3 Å². The predicted molar refractivity (Wildman–Crippen MR) is 121 cm³/mol. The van der Waals surface area contributed by atoms with Crippen molar-refractivity contribution in [1.29, 1.82) is 0 Å². The molecule has 3 aromatic carbocycles. The van der Waals surface area contributed by atoms with Crippen LogP contribution in [0, 0.1) is 5.92 Å². The molecule has 1 aliphatic carbocycles. The Morgan fingerprint density at radius 2 is 1.03 bits per heavy atom. The van der Waals surface area contributed by atoms with Crippen LogP contribution in [0.2, 0.25) is 0 Å². The Bertz CT molecular complexity index is 896. The van der Waals surface area contributed by atoms with Crippen molar-refractivity contribution in [3.05, 3.63) is 108 Å². The van der Waals surface area contributed by atoms with Crippen LogP contribution in [0.1, 0.15) is 16.7 Å². The van der Waals surface area contributed by atoms with E-state index in [1.165, 1.54) is 0 Å². The van der Waals surface area contributed by atoms with Gasteiger partial charge in [0.15, 0.2) is 0 Å². The fourth-order valence-corrected chi connectivity index (χ4v) is 4.58. The molecule has 5 heteroatoms. The number of fused-ring (bicyclic) bond motifs is 1. The molecule has 0 spiro atoms. The summed E-state index contributed by atoms with van der Waals surface area (Å²) in [7, 11) is 0. The number of ether oxygens (including phenoxy) is 3. The fraction of sp³-hybridized carbons (Fsp3) is 0.333. The van der Waals surface area contributed by atoms with E-state index in [1.807, 2.05) is 54.6 Å². The summed E-state index contributed by atoms with van der Waals surface area (Å²) in [5.74, 6) is 0.167. The van der Waals surface area contributed by atoms with Gasteiger partial charge in [0.2, 0.25) is 0 Å². The number of nitrogens with one attached hydrogen (secondary N) is 1. The van der Waals surface area contributed by atoms with Gasteiger partial charge in [-0.05, 0) is 16.7 Å². The highest BCUT2D eigenvalue weighted by atomic mass is 16.7. The van der Waals surface area contributed by atoms with Gasteiger partial charge in [-0.25, -0.2) is 0 Å². The van der Waals surface area contributed by atoms with Gasteiger partial charge < -0.3 is 19.0 Å². The molecule has 2 fully saturated rings. The zero-order chi connectivity index (χ0) is 21.6. The summed E-state index contributed by atoms with van der Waals surface area (Å²) in [6, 6.07) is 30.7. The number of hydroxylamine groups is 1. The van der Waals surface area contributed by atoms with E-state index in [2.05, 4.69) is 41.9 Å². The lowest BCUT2D eigenvalue weighted by molar-refractivity contribution is -0.140. The topological polar surface area (TPSA) is 49.0 Å². The van der Waals surface area contributed by atoms with Crippen LogP contribution in [0.15, 0.2) is 91.0 Å². The third-order valence-electron chi connectivity index (χ3n) is 6.24. The molecule has 5 atom stereocenters. The standard InChI is InChI=1S/C27H29NO4/c1-4-10-20(11-5-1)16-29-25-23-19-32-28-24(23)26(30-17-21-12-6-2-7-13-21)27(25)31-18-22-14-8-3-9-15-22/h1-15,23-28H,16-19H2/t23-,24+,25+,26+,27-/m0/s1. The first kappa shape index (κ1) is 21.3. The molecule has 5 rings (SSSR count). The summed E-state index contributed by atoms with van der Waals surface area (Å²) >= 11 is 0. The van der Waals surface area contributed by atoms with Crippen molar-refractivity contribution in [3.63, 3.8) is 0 Å². The summed E-state index contributed by atoms with van der Waals surface area (Å²) in [5.41, 5.74) is 6.59. The molecule has 0 radical (unpaired) electrons. The summed E-state index contributed by atoms with van der Waals surface area (Å²) in [5, 5.41) is 0. The lowest BCUT2D eigenvalue weighted by atomic mass is 10.0. The molecule has 3 aromatic rings. The maximum absolute atomic E-state index is 6.48. The van der Waals surface area contributed by atoms with E-state index in [1.54, 1.807) is 0 Å². The Hall–Kier alpha value is -2.54. The zero-order valence-electron chi connectivity index (χ0n) is 18.0. The van der Waals surface area contributed by atoms with Crippen LogP contribution < -0.4 is 5.48 Å². The van der Waals surface area contributed by atoms with Gasteiger partial charge in [0, 0.05) is 5.92 Å². The molecule has 0 aromatic heterocycles. The van der Waals surface area contributed by atoms with Crippen LogP contribution in [0.5, 0.6) is 0 Å². The van der Waals surface area contributed by atoms with Crippen molar-refractivity contribution in [2.45, 2.75) is 44.2 Å². The molecule has 1 saturated heterocycles. The van der Waals surface area contributed by atoms with Gasteiger partial charge in [0.25, 0.3) is 0 Å². The Labute approximate surface area is 189 Å². The highest BCUT2D eigenvalue weighted by Crippen LogP contribution is 2.38. The first-order chi connectivity index (χ1) is 15.9. The number of hydrogen-bond acceptors (Lipinski definition) is 5. The number of rotatable bonds is 9. The molecule has 32 heavy (non-hydrogen) atoms. The summed E-state index contributed by atoms with van der Waals surface area (Å²) in [4.78, 5) is 5.62. The van der Waals surface area contributed by atoms with E-state index in [4.69, 9.17) is 19.0 Å². The van der Waals surface area contributed by atoms with E-state index < -0.39 is 0 Å². The third-order valence-corrected chi connectivity index (χ3v) is 6.24. The van der Waals surface area contributed by atoms with Crippen LogP contribution in [0.3, 0.4) is 0 Å². The quantitative estimate of drug-likeness (QED) is 0.548.